The van der Waals surface area contributed by atoms with Gasteiger partial charge >= 0.3 is 0 Å². The quantitative estimate of drug-likeness (QED) is 0.924. The Kier molecular flexibility index (Phi) is 5.38. The lowest BCUT2D eigenvalue weighted by molar-refractivity contribution is 0.0704. The van der Waals surface area contributed by atoms with Crippen LogP contribution in [-0.2, 0) is 6.61 Å². The SMILES string of the molecule is CC1CN(C(=O)c2ccccc2OCc2ccccc2Cl)CCN1. The number of carbonyl (C=O) groups is 1. The van der Waals surface area contributed by atoms with Gasteiger partial charge in [-0.2, -0.15) is 0 Å². The summed E-state index contributed by atoms with van der Waals surface area (Å²) in [5, 5.41) is 4.01. The minimum atomic E-state index is 0.0121. The maximum atomic E-state index is 12.8. The summed E-state index contributed by atoms with van der Waals surface area (Å²) in [6.07, 6.45) is 0. The van der Waals surface area contributed by atoms with Crippen LogP contribution >= 0.6 is 11.6 Å². The molecule has 3 rings (SSSR count). The number of piperazine rings is 1. The molecule has 4 nitrogen and oxygen atoms in total. The van der Waals surface area contributed by atoms with Gasteiger partial charge in [-0.15, -0.1) is 0 Å². The molecule has 126 valence electrons. The van der Waals surface area contributed by atoms with Crippen LogP contribution in [0, 0.1) is 0 Å². The van der Waals surface area contributed by atoms with Crippen molar-refractivity contribution in [2.24, 2.45) is 0 Å². The van der Waals surface area contributed by atoms with Gasteiger partial charge in [0.05, 0.1) is 5.56 Å². The normalized spacial score (nSPS) is 17.6. The number of para-hydroxylation sites is 1. The summed E-state index contributed by atoms with van der Waals surface area (Å²) in [5.74, 6) is 0.603. The number of ether oxygens (including phenoxy) is 1. The number of nitrogens with zero attached hydrogens (tertiary/aromatic N) is 1. The van der Waals surface area contributed by atoms with Crippen molar-refractivity contribution in [1.29, 1.82) is 0 Å². The Labute approximate surface area is 147 Å². The van der Waals surface area contributed by atoms with Gasteiger partial charge in [0.1, 0.15) is 12.4 Å². The number of amides is 1. The molecule has 1 atom stereocenters. The number of rotatable bonds is 4. The van der Waals surface area contributed by atoms with E-state index in [-0.39, 0.29) is 5.91 Å². The van der Waals surface area contributed by atoms with Crippen LogP contribution in [0.1, 0.15) is 22.8 Å². The summed E-state index contributed by atoms with van der Waals surface area (Å²) >= 11 is 6.17. The molecule has 1 N–H and O–H groups in total. The average Bonchev–Trinajstić information content (AvgIpc) is 2.61. The van der Waals surface area contributed by atoms with Crippen molar-refractivity contribution in [2.75, 3.05) is 19.6 Å². The largest absolute Gasteiger partial charge is 0.488 e. The molecule has 2 aromatic rings. The summed E-state index contributed by atoms with van der Waals surface area (Å²) in [7, 11) is 0. The molecule has 0 spiro atoms. The van der Waals surface area contributed by atoms with E-state index in [0.29, 0.717) is 42.1 Å². The van der Waals surface area contributed by atoms with Crippen LogP contribution in [0.4, 0.5) is 0 Å². The Bertz CT molecular complexity index is 720. The molecule has 1 aliphatic rings. The van der Waals surface area contributed by atoms with E-state index in [0.717, 1.165) is 12.1 Å². The Morgan fingerprint density at radius 3 is 2.79 bits per heavy atom. The fourth-order valence-electron chi connectivity index (χ4n) is 2.83. The highest BCUT2D eigenvalue weighted by Gasteiger charge is 2.23. The molecule has 0 aromatic heterocycles. The van der Waals surface area contributed by atoms with Gasteiger partial charge in [0, 0.05) is 36.3 Å². The topological polar surface area (TPSA) is 41.6 Å². The molecule has 1 unspecified atom stereocenters. The highest BCUT2D eigenvalue weighted by atomic mass is 35.5. The Balaban J connectivity index is 1.75. The minimum absolute atomic E-state index is 0.0121. The second-order valence-electron chi connectivity index (χ2n) is 5.98. The first-order chi connectivity index (χ1) is 11.6. The van der Waals surface area contributed by atoms with Crippen LogP contribution < -0.4 is 10.1 Å². The van der Waals surface area contributed by atoms with Crippen molar-refractivity contribution >= 4 is 17.5 Å². The number of hydrogen-bond donors (Lipinski definition) is 1. The predicted molar refractivity (Wildman–Crippen MR) is 95.6 cm³/mol. The smallest absolute Gasteiger partial charge is 0.257 e. The first kappa shape index (κ1) is 16.8. The average molecular weight is 345 g/mol. The van der Waals surface area contributed by atoms with Gasteiger partial charge in [-0.05, 0) is 25.1 Å². The van der Waals surface area contributed by atoms with E-state index in [4.69, 9.17) is 16.3 Å². The summed E-state index contributed by atoms with van der Waals surface area (Å²) in [6.45, 7) is 4.65. The minimum Gasteiger partial charge on any atom is -0.488 e. The molecule has 1 fully saturated rings. The number of nitrogens with one attached hydrogen (secondary N) is 1. The highest BCUT2D eigenvalue weighted by molar-refractivity contribution is 6.31. The third-order valence-electron chi connectivity index (χ3n) is 4.11. The van der Waals surface area contributed by atoms with E-state index in [9.17, 15) is 4.79 Å². The molecule has 0 aliphatic carbocycles. The molecule has 1 amide bonds. The Morgan fingerprint density at radius 2 is 2.00 bits per heavy atom. The molecule has 0 bridgehead atoms. The van der Waals surface area contributed by atoms with Crippen LogP contribution in [0.2, 0.25) is 5.02 Å². The number of halogens is 1. The van der Waals surface area contributed by atoms with E-state index in [1.165, 1.54) is 0 Å². The van der Waals surface area contributed by atoms with E-state index >= 15 is 0 Å². The van der Waals surface area contributed by atoms with Gasteiger partial charge in [-0.1, -0.05) is 41.9 Å². The first-order valence-electron chi connectivity index (χ1n) is 8.13. The molecule has 5 heteroatoms. The van der Waals surface area contributed by atoms with Crippen molar-refractivity contribution in [3.8, 4) is 5.75 Å². The molecule has 1 heterocycles. The van der Waals surface area contributed by atoms with Crippen LogP contribution in [0.5, 0.6) is 5.75 Å². The second-order valence-corrected chi connectivity index (χ2v) is 6.39. The molecule has 1 aliphatic heterocycles. The van der Waals surface area contributed by atoms with E-state index in [1.54, 1.807) is 0 Å². The van der Waals surface area contributed by atoms with Gasteiger partial charge in [0.2, 0.25) is 0 Å². The lowest BCUT2D eigenvalue weighted by atomic mass is 10.1. The van der Waals surface area contributed by atoms with Gasteiger partial charge in [0.15, 0.2) is 0 Å². The molecule has 2 aromatic carbocycles. The molecule has 0 radical (unpaired) electrons. The molecule has 1 saturated heterocycles. The number of benzene rings is 2. The van der Waals surface area contributed by atoms with E-state index < -0.39 is 0 Å². The predicted octanol–water partition coefficient (Wildman–Crippen LogP) is 3.35. The van der Waals surface area contributed by atoms with Crippen molar-refractivity contribution in [1.82, 2.24) is 10.2 Å². The Hall–Kier alpha value is -2.04. The lowest BCUT2D eigenvalue weighted by Crippen LogP contribution is -2.51. The van der Waals surface area contributed by atoms with Gasteiger partial charge in [-0.3, -0.25) is 4.79 Å². The fourth-order valence-corrected chi connectivity index (χ4v) is 3.02. The molecule has 0 saturated carbocycles. The third kappa shape index (κ3) is 3.89. The van der Waals surface area contributed by atoms with Crippen LogP contribution in [0.15, 0.2) is 48.5 Å². The summed E-state index contributed by atoms with van der Waals surface area (Å²) in [5.41, 5.74) is 1.50. The standard InChI is InChI=1S/C19H21ClN2O2/c1-14-12-22(11-10-21-14)19(23)16-7-3-5-9-18(16)24-13-15-6-2-4-8-17(15)20/h2-9,14,21H,10-13H2,1H3. The van der Waals surface area contributed by atoms with Crippen molar-refractivity contribution in [3.63, 3.8) is 0 Å². The zero-order valence-electron chi connectivity index (χ0n) is 13.7. The zero-order chi connectivity index (χ0) is 16.9. The maximum absolute atomic E-state index is 12.8. The summed E-state index contributed by atoms with van der Waals surface area (Å²) in [6, 6.07) is 15.2. The first-order valence-corrected chi connectivity index (χ1v) is 8.51. The van der Waals surface area contributed by atoms with Crippen molar-refractivity contribution < 1.29 is 9.53 Å². The monoisotopic (exact) mass is 344 g/mol. The summed E-state index contributed by atoms with van der Waals surface area (Å²) < 4.78 is 5.90. The molecular weight excluding hydrogens is 324 g/mol. The van der Waals surface area contributed by atoms with Gasteiger partial charge in [-0.25, -0.2) is 0 Å². The lowest BCUT2D eigenvalue weighted by Gasteiger charge is -2.32. The maximum Gasteiger partial charge on any atom is 0.257 e. The van der Waals surface area contributed by atoms with Gasteiger partial charge < -0.3 is 15.0 Å². The Morgan fingerprint density at radius 1 is 1.25 bits per heavy atom. The molecule has 24 heavy (non-hydrogen) atoms. The molecular formula is C19H21ClN2O2. The number of hydrogen-bond acceptors (Lipinski definition) is 3. The van der Waals surface area contributed by atoms with Gasteiger partial charge in [0.25, 0.3) is 5.91 Å². The highest BCUT2D eigenvalue weighted by Crippen LogP contribution is 2.23. The van der Waals surface area contributed by atoms with Crippen LogP contribution in [0.3, 0.4) is 0 Å². The third-order valence-corrected chi connectivity index (χ3v) is 4.48. The van der Waals surface area contributed by atoms with Crippen molar-refractivity contribution in [3.05, 3.63) is 64.7 Å². The fraction of sp³-hybridized carbons (Fsp3) is 0.316. The van der Waals surface area contributed by atoms with E-state index in [1.807, 2.05) is 53.4 Å². The number of carbonyl (C=O) groups excluding carboxylic acids is 1. The van der Waals surface area contributed by atoms with Crippen LogP contribution in [0.25, 0.3) is 0 Å². The zero-order valence-corrected chi connectivity index (χ0v) is 14.4. The second kappa shape index (κ2) is 7.69. The summed E-state index contributed by atoms with van der Waals surface area (Å²) in [4.78, 5) is 14.7. The van der Waals surface area contributed by atoms with Crippen molar-refractivity contribution in [2.45, 2.75) is 19.6 Å². The van der Waals surface area contributed by atoms with Crippen LogP contribution in [-0.4, -0.2) is 36.5 Å². The van der Waals surface area contributed by atoms with E-state index in [2.05, 4.69) is 12.2 Å².